The third kappa shape index (κ3) is 2.90. The molecule has 1 aliphatic heterocycles. The zero-order chi connectivity index (χ0) is 14.9. The smallest absolute Gasteiger partial charge is 0.316 e. The van der Waals surface area contributed by atoms with Crippen LogP contribution < -0.4 is 4.90 Å². The molecular formula is C16H20N2O2. The standard InChI is InChI=1S/C16H20N2O2/c1-11(2)10-17-5-6-18(16(20)15(17)19)14-8-12(3)7-13(4)9-14/h7-9H,1,5-6,10H2,2-4H3. The second-order valence-corrected chi connectivity index (χ2v) is 5.49. The lowest BCUT2D eigenvalue weighted by Gasteiger charge is -2.34. The number of aryl methyl sites for hydroxylation is 2. The number of rotatable bonds is 3. The van der Waals surface area contributed by atoms with Crippen molar-refractivity contribution in [2.75, 3.05) is 24.5 Å². The van der Waals surface area contributed by atoms with Gasteiger partial charge in [0.05, 0.1) is 0 Å². The molecule has 1 fully saturated rings. The molecule has 1 aromatic carbocycles. The molecule has 1 aromatic rings. The normalized spacial score (nSPS) is 15.8. The Labute approximate surface area is 119 Å². The fourth-order valence-corrected chi connectivity index (χ4v) is 2.50. The van der Waals surface area contributed by atoms with Crippen molar-refractivity contribution in [2.24, 2.45) is 0 Å². The lowest BCUT2D eigenvalue weighted by atomic mass is 10.1. The number of anilines is 1. The Balaban J connectivity index is 2.22. The van der Waals surface area contributed by atoms with Crippen molar-refractivity contribution in [1.82, 2.24) is 4.90 Å². The van der Waals surface area contributed by atoms with E-state index in [4.69, 9.17) is 0 Å². The predicted octanol–water partition coefficient (Wildman–Crippen LogP) is 2.05. The van der Waals surface area contributed by atoms with E-state index in [1.54, 1.807) is 9.80 Å². The molecule has 4 heteroatoms. The molecule has 2 amide bonds. The molecule has 0 bridgehead atoms. The molecule has 0 atom stereocenters. The number of hydrogen-bond acceptors (Lipinski definition) is 2. The van der Waals surface area contributed by atoms with E-state index in [-0.39, 0.29) is 0 Å². The summed E-state index contributed by atoms with van der Waals surface area (Å²) in [4.78, 5) is 27.5. The predicted molar refractivity (Wildman–Crippen MR) is 79.7 cm³/mol. The van der Waals surface area contributed by atoms with Gasteiger partial charge in [-0.05, 0) is 44.0 Å². The van der Waals surface area contributed by atoms with Crippen LogP contribution in [0.2, 0.25) is 0 Å². The van der Waals surface area contributed by atoms with Crippen molar-refractivity contribution in [1.29, 1.82) is 0 Å². The fraction of sp³-hybridized carbons (Fsp3) is 0.375. The van der Waals surface area contributed by atoms with Crippen LogP contribution in [-0.4, -0.2) is 36.3 Å². The number of hydrogen-bond donors (Lipinski definition) is 0. The molecule has 4 nitrogen and oxygen atoms in total. The van der Waals surface area contributed by atoms with Gasteiger partial charge in [-0.2, -0.15) is 0 Å². The molecule has 1 saturated heterocycles. The summed E-state index contributed by atoms with van der Waals surface area (Å²) in [7, 11) is 0. The van der Waals surface area contributed by atoms with E-state index < -0.39 is 11.8 Å². The van der Waals surface area contributed by atoms with Crippen molar-refractivity contribution in [3.05, 3.63) is 41.5 Å². The van der Waals surface area contributed by atoms with E-state index in [1.165, 1.54) is 0 Å². The van der Waals surface area contributed by atoms with Crippen LogP contribution in [0.4, 0.5) is 5.69 Å². The van der Waals surface area contributed by atoms with Crippen molar-refractivity contribution < 1.29 is 9.59 Å². The van der Waals surface area contributed by atoms with Crippen molar-refractivity contribution >= 4 is 17.5 Å². The summed E-state index contributed by atoms with van der Waals surface area (Å²) in [6, 6.07) is 5.92. The van der Waals surface area contributed by atoms with Gasteiger partial charge in [-0.25, -0.2) is 0 Å². The maximum absolute atomic E-state index is 12.2. The van der Waals surface area contributed by atoms with Gasteiger partial charge in [-0.3, -0.25) is 9.59 Å². The average Bonchev–Trinajstić information content (AvgIpc) is 2.33. The van der Waals surface area contributed by atoms with Crippen molar-refractivity contribution in [3.8, 4) is 0 Å². The molecule has 0 aromatic heterocycles. The summed E-state index contributed by atoms with van der Waals surface area (Å²) >= 11 is 0. The van der Waals surface area contributed by atoms with E-state index >= 15 is 0 Å². The zero-order valence-corrected chi connectivity index (χ0v) is 12.3. The zero-order valence-electron chi connectivity index (χ0n) is 12.3. The van der Waals surface area contributed by atoms with E-state index in [1.807, 2.05) is 39.0 Å². The maximum Gasteiger partial charge on any atom is 0.316 e. The number of piperazine rings is 1. The van der Waals surface area contributed by atoms with Crippen molar-refractivity contribution in [3.63, 3.8) is 0 Å². The van der Waals surface area contributed by atoms with Gasteiger partial charge in [0.1, 0.15) is 0 Å². The van der Waals surface area contributed by atoms with Gasteiger partial charge in [0.15, 0.2) is 0 Å². The van der Waals surface area contributed by atoms with Gasteiger partial charge in [0, 0.05) is 25.3 Å². The summed E-state index contributed by atoms with van der Waals surface area (Å²) in [5.74, 6) is -0.902. The van der Waals surface area contributed by atoms with Gasteiger partial charge in [0.2, 0.25) is 0 Å². The average molecular weight is 272 g/mol. The molecule has 0 N–H and O–H groups in total. The summed E-state index contributed by atoms with van der Waals surface area (Å²) < 4.78 is 0. The molecule has 1 aliphatic rings. The van der Waals surface area contributed by atoms with Crippen LogP contribution in [0.5, 0.6) is 0 Å². The molecule has 0 unspecified atom stereocenters. The van der Waals surface area contributed by atoms with Crippen LogP contribution >= 0.6 is 0 Å². The van der Waals surface area contributed by atoms with Gasteiger partial charge in [-0.1, -0.05) is 18.2 Å². The van der Waals surface area contributed by atoms with Crippen LogP contribution in [0, 0.1) is 13.8 Å². The first-order chi connectivity index (χ1) is 9.38. The maximum atomic E-state index is 12.2. The molecule has 2 rings (SSSR count). The fourth-order valence-electron chi connectivity index (χ4n) is 2.50. The number of nitrogens with zero attached hydrogens (tertiary/aromatic N) is 2. The molecule has 0 spiro atoms. The minimum absolute atomic E-state index is 0.446. The SMILES string of the molecule is C=C(C)CN1CCN(c2cc(C)cc(C)c2)C(=O)C1=O. The molecule has 106 valence electrons. The Bertz CT molecular complexity index is 558. The summed E-state index contributed by atoms with van der Waals surface area (Å²) in [6.45, 7) is 11.1. The van der Waals surface area contributed by atoms with Crippen LogP contribution in [0.25, 0.3) is 0 Å². The second-order valence-electron chi connectivity index (χ2n) is 5.49. The lowest BCUT2D eigenvalue weighted by molar-refractivity contribution is -0.145. The molecule has 1 heterocycles. The van der Waals surface area contributed by atoms with Gasteiger partial charge < -0.3 is 9.80 Å². The Kier molecular flexibility index (Phi) is 3.93. The minimum Gasteiger partial charge on any atom is -0.329 e. The summed E-state index contributed by atoms with van der Waals surface area (Å²) in [6.07, 6.45) is 0. The number of benzene rings is 1. The minimum atomic E-state index is -0.456. The molecule has 0 radical (unpaired) electrons. The first-order valence-electron chi connectivity index (χ1n) is 6.72. The van der Waals surface area contributed by atoms with Gasteiger partial charge in [0.25, 0.3) is 0 Å². The summed E-state index contributed by atoms with van der Waals surface area (Å²) in [5, 5.41) is 0. The Morgan fingerprint density at radius 2 is 1.70 bits per heavy atom. The van der Waals surface area contributed by atoms with Crippen LogP contribution in [0.15, 0.2) is 30.4 Å². The van der Waals surface area contributed by atoms with E-state index in [2.05, 4.69) is 6.58 Å². The van der Waals surface area contributed by atoms with E-state index in [0.717, 1.165) is 22.4 Å². The highest BCUT2D eigenvalue weighted by Crippen LogP contribution is 2.21. The summed E-state index contributed by atoms with van der Waals surface area (Å²) in [5.41, 5.74) is 3.86. The van der Waals surface area contributed by atoms with Gasteiger partial charge >= 0.3 is 11.8 Å². The van der Waals surface area contributed by atoms with Crippen LogP contribution in [-0.2, 0) is 9.59 Å². The highest BCUT2D eigenvalue weighted by Gasteiger charge is 2.33. The number of carbonyl (C=O) groups excluding carboxylic acids is 2. The van der Waals surface area contributed by atoms with Crippen molar-refractivity contribution in [2.45, 2.75) is 20.8 Å². The number of carbonyl (C=O) groups is 2. The van der Waals surface area contributed by atoms with E-state index in [9.17, 15) is 9.59 Å². The topological polar surface area (TPSA) is 40.6 Å². The molecule has 20 heavy (non-hydrogen) atoms. The number of amides is 2. The highest BCUT2D eigenvalue weighted by atomic mass is 16.2. The Morgan fingerprint density at radius 1 is 1.10 bits per heavy atom. The molecular weight excluding hydrogens is 252 g/mol. The third-order valence-electron chi connectivity index (χ3n) is 3.29. The Hall–Kier alpha value is -2.10. The second kappa shape index (κ2) is 5.49. The first kappa shape index (κ1) is 14.3. The van der Waals surface area contributed by atoms with Crippen LogP contribution in [0.1, 0.15) is 18.1 Å². The quantitative estimate of drug-likeness (QED) is 0.624. The van der Waals surface area contributed by atoms with Gasteiger partial charge in [-0.15, -0.1) is 0 Å². The highest BCUT2D eigenvalue weighted by molar-refractivity contribution is 6.41. The lowest BCUT2D eigenvalue weighted by Crippen LogP contribution is -2.54. The monoisotopic (exact) mass is 272 g/mol. The van der Waals surface area contributed by atoms with E-state index in [0.29, 0.717) is 19.6 Å². The largest absolute Gasteiger partial charge is 0.329 e. The third-order valence-corrected chi connectivity index (χ3v) is 3.29. The van der Waals surface area contributed by atoms with Crippen LogP contribution in [0.3, 0.4) is 0 Å². The molecule has 0 aliphatic carbocycles. The first-order valence-corrected chi connectivity index (χ1v) is 6.72. The Morgan fingerprint density at radius 3 is 2.25 bits per heavy atom. The molecule has 0 saturated carbocycles.